The summed E-state index contributed by atoms with van der Waals surface area (Å²) in [5.74, 6) is 0.179. The van der Waals surface area contributed by atoms with Crippen molar-refractivity contribution in [3.63, 3.8) is 0 Å². The number of aliphatic hydroxyl groups is 1. The molecule has 2 rings (SSSR count). The molecule has 5 unspecified atom stereocenters. The van der Waals surface area contributed by atoms with Crippen LogP contribution in [0.1, 0.15) is 39.0 Å². The zero-order valence-corrected chi connectivity index (χ0v) is 14.5. The van der Waals surface area contributed by atoms with Crippen molar-refractivity contribution in [1.82, 2.24) is 10.2 Å². The number of carbonyl (C=O) groups is 1. The fourth-order valence-electron chi connectivity index (χ4n) is 3.40. The Kier molecular flexibility index (Phi) is 6.47. The fraction of sp³-hybridized carbons (Fsp3) is 0.933. The van der Waals surface area contributed by atoms with Gasteiger partial charge in [-0.1, -0.05) is 22.4 Å². The summed E-state index contributed by atoms with van der Waals surface area (Å²) in [4.78, 5) is 14.4. The van der Waals surface area contributed by atoms with Crippen LogP contribution < -0.4 is 5.32 Å². The van der Waals surface area contributed by atoms with Gasteiger partial charge in [-0.25, -0.2) is 0 Å². The summed E-state index contributed by atoms with van der Waals surface area (Å²) in [5, 5.41) is 13.4. The van der Waals surface area contributed by atoms with Crippen LogP contribution in [0.3, 0.4) is 0 Å². The van der Waals surface area contributed by atoms with Crippen molar-refractivity contribution in [2.24, 2.45) is 5.92 Å². The largest absolute Gasteiger partial charge is 0.465 e. The van der Waals surface area contributed by atoms with Gasteiger partial charge in [0.25, 0.3) is 0 Å². The van der Waals surface area contributed by atoms with E-state index in [1.807, 2.05) is 6.92 Å². The van der Waals surface area contributed by atoms with Gasteiger partial charge in [0.15, 0.2) is 0 Å². The van der Waals surface area contributed by atoms with Crippen molar-refractivity contribution >= 4 is 21.9 Å². The molecule has 1 saturated heterocycles. The third-order valence-electron chi connectivity index (χ3n) is 4.66. The zero-order valence-electron chi connectivity index (χ0n) is 12.9. The van der Waals surface area contributed by atoms with Gasteiger partial charge in [-0.05, 0) is 45.6 Å². The highest BCUT2D eigenvalue weighted by molar-refractivity contribution is 9.09. The van der Waals surface area contributed by atoms with Crippen molar-refractivity contribution in [3.8, 4) is 0 Å². The monoisotopic (exact) mass is 362 g/mol. The minimum absolute atomic E-state index is 0.123. The van der Waals surface area contributed by atoms with Gasteiger partial charge in [0.2, 0.25) is 0 Å². The maximum Gasteiger partial charge on any atom is 0.324 e. The number of alkyl halides is 1. The van der Waals surface area contributed by atoms with E-state index in [1.54, 1.807) is 0 Å². The first-order valence-electron chi connectivity index (χ1n) is 7.98. The predicted molar refractivity (Wildman–Crippen MR) is 85.3 cm³/mol. The molecule has 0 amide bonds. The lowest BCUT2D eigenvalue weighted by atomic mass is 10.00. The Balaban J connectivity index is 1.89. The van der Waals surface area contributed by atoms with Crippen LogP contribution >= 0.6 is 15.9 Å². The summed E-state index contributed by atoms with van der Waals surface area (Å²) < 4.78 is 5.14. The molecule has 2 aliphatic rings. The van der Waals surface area contributed by atoms with Crippen molar-refractivity contribution in [2.75, 3.05) is 20.2 Å². The number of nitrogens with zero attached hydrogens (tertiary/aromatic N) is 1. The van der Waals surface area contributed by atoms with Crippen molar-refractivity contribution in [3.05, 3.63) is 0 Å². The zero-order chi connectivity index (χ0) is 15.4. The molecule has 0 aromatic carbocycles. The highest BCUT2D eigenvalue weighted by Gasteiger charge is 2.36. The second kappa shape index (κ2) is 7.90. The maximum absolute atomic E-state index is 12.0. The summed E-state index contributed by atoms with van der Waals surface area (Å²) in [7, 11) is 2.07. The number of rotatable bonds is 5. The molecule has 0 spiro atoms. The highest BCUT2D eigenvalue weighted by Crippen LogP contribution is 2.28. The van der Waals surface area contributed by atoms with E-state index in [0.29, 0.717) is 12.5 Å². The smallest absolute Gasteiger partial charge is 0.324 e. The first kappa shape index (κ1) is 17.2. The molecular formula is C15H27BrN2O3. The number of carbonyl (C=O) groups excluding carboxylic acids is 1. The molecule has 2 N–H and O–H groups in total. The second-order valence-electron chi connectivity index (χ2n) is 6.20. The minimum atomic E-state index is -0.292. The first-order chi connectivity index (χ1) is 10.0. The van der Waals surface area contributed by atoms with Crippen LogP contribution in [0.15, 0.2) is 0 Å². The first-order valence-corrected chi connectivity index (χ1v) is 8.89. The number of aliphatic hydroxyl groups excluding tert-OH is 1. The molecule has 1 saturated carbocycles. The Morgan fingerprint density at radius 3 is 2.76 bits per heavy atom. The lowest BCUT2D eigenvalue weighted by molar-refractivity contribution is -0.147. The van der Waals surface area contributed by atoms with Crippen LogP contribution in [0.5, 0.6) is 0 Å². The molecule has 5 nitrogen and oxygen atoms in total. The van der Waals surface area contributed by atoms with Gasteiger partial charge < -0.3 is 9.84 Å². The molecule has 5 atom stereocenters. The van der Waals surface area contributed by atoms with Gasteiger partial charge in [0, 0.05) is 11.4 Å². The Morgan fingerprint density at radius 1 is 1.38 bits per heavy atom. The third kappa shape index (κ3) is 4.41. The van der Waals surface area contributed by atoms with Crippen LogP contribution in [-0.4, -0.2) is 59.3 Å². The normalized spacial score (nSPS) is 36.9. The average Bonchev–Trinajstić information content (AvgIpc) is 2.85. The number of nitrogens with one attached hydrogen (secondary N) is 1. The second-order valence-corrected chi connectivity index (χ2v) is 7.38. The molecule has 1 aliphatic heterocycles. The van der Waals surface area contributed by atoms with Crippen LogP contribution in [0, 0.1) is 5.92 Å². The summed E-state index contributed by atoms with van der Waals surface area (Å²) >= 11 is 3.58. The van der Waals surface area contributed by atoms with Gasteiger partial charge in [-0.2, -0.15) is 0 Å². The SMILES string of the molecule is CCOC(=O)C1NC(N(C)CC2CCCC2O)CCC1Br. The Hall–Kier alpha value is -0.170. The number of ether oxygens (including phenoxy) is 1. The standard InChI is InChI=1S/C15H27BrN2O3/c1-3-21-15(20)14-11(16)7-8-13(17-14)18(2)9-10-5-4-6-12(10)19/h10-14,17,19H,3-9H2,1-2H3. The minimum Gasteiger partial charge on any atom is -0.465 e. The topological polar surface area (TPSA) is 61.8 Å². The summed E-state index contributed by atoms with van der Waals surface area (Å²) in [6.45, 7) is 3.11. The van der Waals surface area contributed by atoms with E-state index < -0.39 is 0 Å². The molecule has 0 radical (unpaired) electrons. The Morgan fingerprint density at radius 2 is 2.14 bits per heavy atom. The van der Waals surface area contributed by atoms with Gasteiger partial charge in [-0.3, -0.25) is 15.0 Å². The Labute approximate surface area is 135 Å². The van der Waals surface area contributed by atoms with Gasteiger partial charge in [0.05, 0.1) is 18.9 Å². The average molecular weight is 363 g/mol. The van der Waals surface area contributed by atoms with Crippen molar-refractivity contribution < 1.29 is 14.6 Å². The van der Waals surface area contributed by atoms with Gasteiger partial charge in [0.1, 0.15) is 6.04 Å². The van der Waals surface area contributed by atoms with E-state index >= 15 is 0 Å². The van der Waals surface area contributed by atoms with Crippen molar-refractivity contribution in [1.29, 1.82) is 0 Å². The van der Waals surface area contributed by atoms with Crippen LogP contribution in [0.25, 0.3) is 0 Å². The highest BCUT2D eigenvalue weighted by atomic mass is 79.9. The van der Waals surface area contributed by atoms with E-state index in [4.69, 9.17) is 4.74 Å². The molecule has 6 heteroatoms. The van der Waals surface area contributed by atoms with Crippen LogP contribution in [-0.2, 0) is 9.53 Å². The van der Waals surface area contributed by atoms with E-state index in [-0.39, 0.29) is 29.1 Å². The molecule has 0 aromatic rings. The number of hydrogen-bond donors (Lipinski definition) is 2. The number of piperidine rings is 1. The van der Waals surface area contributed by atoms with E-state index in [2.05, 4.69) is 33.2 Å². The molecule has 0 aromatic heterocycles. The van der Waals surface area contributed by atoms with Crippen LogP contribution in [0.2, 0.25) is 0 Å². The van der Waals surface area contributed by atoms with Crippen LogP contribution in [0.4, 0.5) is 0 Å². The fourth-order valence-corrected chi connectivity index (χ4v) is 4.03. The lowest BCUT2D eigenvalue weighted by Crippen LogP contribution is -2.58. The molecule has 0 bridgehead atoms. The number of hydrogen-bond acceptors (Lipinski definition) is 5. The quantitative estimate of drug-likeness (QED) is 0.573. The predicted octanol–water partition coefficient (Wildman–Crippen LogP) is 1.48. The number of esters is 1. The molecule has 2 fully saturated rings. The maximum atomic E-state index is 12.0. The molecule has 21 heavy (non-hydrogen) atoms. The van der Waals surface area contributed by atoms with E-state index in [9.17, 15) is 9.90 Å². The summed E-state index contributed by atoms with van der Waals surface area (Å²) in [6.07, 6.45) is 5.07. The van der Waals surface area contributed by atoms with Crippen molar-refractivity contribution in [2.45, 2.75) is 62.2 Å². The summed E-state index contributed by atoms with van der Waals surface area (Å²) in [6, 6.07) is -0.292. The molecular weight excluding hydrogens is 336 g/mol. The Bertz CT molecular complexity index is 356. The lowest BCUT2D eigenvalue weighted by Gasteiger charge is -2.39. The molecule has 1 aliphatic carbocycles. The van der Waals surface area contributed by atoms with E-state index in [0.717, 1.165) is 38.6 Å². The molecule has 122 valence electrons. The summed E-state index contributed by atoms with van der Waals surface area (Å²) in [5.41, 5.74) is 0. The van der Waals surface area contributed by atoms with Gasteiger partial charge in [-0.15, -0.1) is 0 Å². The van der Waals surface area contributed by atoms with E-state index in [1.165, 1.54) is 0 Å². The molecule has 1 heterocycles. The number of halogens is 1. The third-order valence-corrected chi connectivity index (χ3v) is 5.65. The van der Waals surface area contributed by atoms with Gasteiger partial charge >= 0.3 is 5.97 Å².